The Morgan fingerprint density at radius 3 is 2.58 bits per heavy atom. The van der Waals surface area contributed by atoms with E-state index in [1.54, 1.807) is 0 Å². The lowest BCUT2D eigenvalue weighted by atomic mass is 9.68. The zero-order valence-corrected chi connectivity index (χ0v) is 13.0. The Morgan fingerprint density at radius 1 is 1.37 bits per heavy atom. The summed E-state index contributed by atoms with van der Waals surface area (Å²) >= 11 is 0. The predicted octanol–water partition coefficient (Wildman–Crippen LogP) is 3.64. The van der Waals surface area contributed by atoms with Crippen molar-refractivity contribution >= 4 is 0 Å². The molecule has 19 heavy (non-hydrogen) atoms. The van der Waals surface area contributed by atoms with Crippen LogP contribution in [0.5, 0.6) is 0 Å². The lowest BCUT2D eigenvalue weighted by molar-refractivity contribution is 0.0139. The summed E-state index contributed by atoms with van der Waals surface area (Å²) < 4.78 is 2.05. The highest BCUT2D eigenvalue weighted by Crippen LogP contribution is 2.44. The van der Waals surface area contributed by atoms with Gasteiger partial charge in [-0.15, -0.1) is 0 Å². The SMILES string of the molecule is CCC(C)(C)C1CCC(O)C(n2nc(C)cc2C)C1. The monoisotopic (exact) mass is 264 g/mol. The topological polar surface area (TPSA) is 38.0 Å². The third-order valence-corrected chi connectivity index (χ3v) is 5.16. The summed E-state index contributed by atoms with van der Waals surface area (Å²) in [6, 6.07) is 2.25. The molecule has 1 aliphatic rings. The van der Waals surface area contributed by atoms with Crippen LogP contribution in [0.2, 0.25) is 0 Å². The average Bonchev–Trinajstić information content (AvgIpc) is 2.68. The van der Waals surface area contributed by atoms with Crippen LogP contribution >= 0.6 is 0 Å². The zero-order valence-electron chi connectivity index (χ0n) is 13.0. The van der Waals surface area contributed by atoms with Crippen molar-refractivity contribution < 1.29 is 5.11 Å². The molecule has 0 aromatic carbocycles. The molecule has 0 amide bonds. The number of hydrogen-bond donors (Lipinski definition) is 1. The Bertz CT molecular complexity index is 436. The van der Waals surface area contributed by atoms with Crippen LogP contribution in [0.25, 0.3) is 0 Å². The second-order valence-corrected chi connectivity index (χ2v) is 6.86. The summed E-state index contributed by atoms with van der Waals surface area (Å²) in [4.78, 5) is 0. The number of aryl methyl sites for hydroxylation is 2. The van der Waals surface area contributed by atoms with Crippen LogP contribution in [-0.4, -0.2) is 21.0 Å². The molecule has 1 aromatic rings. The van der Waals surface area contributed by atoms with E-state index in [1.165, 1.54) is 6.42 Å². The summed E-state index contributed by atoms with van der Waals surface area (Å²) in [6.07, 6.45) is 4.03. The number of rotatable bonds is 3. The molecular formula is C16H28N2O. The molecule has 2 rings (SSSR count). The maximum Gasteiger partial charge on any atom is 0.0784 e. The van der Waals surface area contributed by atoms with Crippen molar-refractivity contribution in [1.29, 1.82) is 0 Å². The van der Waals surface area contributed by atoms with Gasteiger partial charge in [-0.25, -0.2) is 0 Å². The minimum atomic E-state index is -0.248. The minimum Gasteiger partial charge on any atom is -0.391 e. The van der Waals surface area contributed by atoms with Gasteiger partial charge < -0.3 is 5.11 Å². The average molecular weight is 264 g/mol. The molecule has 1 heterocycles. The van der Waals surface area contributed by atoms with Gasteiger partial charge in [0.15, 0.2) is 0 Å². The first kappa shape index (κ1) is 14.6. The molecule has 3 unspecified atom stereocenters. The molecule has 3 atom stereocenters. The molecule has 0 saturated heterocycles. The van der Waals surface area contributed by atoms with Crippen LogP contribution in [-0.2, 0) is 0 Å². The first-order valence-corrected chi connectivity index (χ1v) is 7.56. The zero-order chi connectivity index (χ0) is 14.2. The Balaban J connectivity index is 2.22. The van der Waals surface area contributed by atoms with E-state index in [0.717, 1.165) is 30.7 Å². The summed E-state index contributed by atoms with van der Waals surface area (Å²) in [5.41, 5.74) is 2.56. The van der Waals surface area contributed by atoms with E-state index in [1.807, 2.05) is 6.92 Å². The summed E-state index contributed by atoms with van der Waals surface area (Å²) in [7, 11) is 0. The van der Waals surface area contributed by atoms with Crippen LogP contribution in [0.4, 0.5) is 0 Å². The van der Waals surface area contributed by atoms with Gasteiger partial charge in [0.1, 0.15) is 0 Å². The Hall–Kier alpha value is -0.830. The third kappa shape index (κ3) is 2.86. The van der Waals surface area contributed by atoms with Crippen molar-refractivity contribution in [2.45, 2.75) is 72.4 Å². The van der Waals surface area contributed by atoms with E-state index in [4.69, 9.17) is 0 Å². The van der Waals surface area contributed by atoms with E-state index in [-0.39, 0.29) is 12.1 Å². The molecular weight excluding hydrogens is 236 g/mol. The van der Waals surface area contributed by atoms with E-state index in [0.29, 0.717) is 11.3 Å². The number of hydrogen-bond acceptors (Lipinski definition) is 2. The fraction of sp³-hybridized carbons (Fsp3) is 0.812. The maximum atomic E-state index is 10.4. The molecule has 1 saturated carbocycles. The van der Waals surface area contributed by atoms with Gasteiger partial charge in [-0.3, -0.25) is 4.68 Å². The maximum absolute atomic E-state index is 10.4. The summed E-state index contributed by atoms with van der Waals surface area (Å²) in [6.45, 7) is 11.1. The van der Waals surface area contributed by atoms with Crippen LogP contribution in [0.3, 0.4) is 0 Å². The number of aliphatic hydroxyl groups is 1. The van der Waals surface area contributed by atoms with Crippen molar-refractivity contribution in [3.05, 3.63) is 17.5 Å². The van der Waals surface area contributed by atoms with Crippen LogP contribution in [0, 0.1) is 25.2 Å². The van der Waals surface area contributed by atoms with Gasteiger partial charge in [0, 0.05) is 5.69 Å². The second kappa shape index (κ2) is 5.28. The van der Waals surface area contributed by atoms with Gasteiger partial charge in [-0.05, 0) is 50.5 Å². The normalized spacial score (nSPS) is 28.6. The van der Waals surface area contributed by atoms with Gasteiger partial charge in [0.05, 0.1) is 17.8 Å². The van der Waals surface area contributed by atoms with E-state index in [9.17, 15) is 5.11 Å². The number of aromatic nitrogens is 2. The van der Waals surface area contributed by atoms with E-state index < -0.39 is 0 Å². The molecule has 0 bridgehead atoms. The smallest absolute Gasteiger partial charge is 0.0784 e. The van der Waals surface area contributed by atoms with Gasteiger partial charge in [0.2, 0.25) is 0 Å². The lowest BCUT2D eigenvalue weighted by Crippen LogP contribution is -2.37. The third-order valence-electron chi connectivity index (χ3n) is 5.16. The van der Waals surface area contributed by atoms with Crippen molar-refractivity contribution in [1.82, 2.24) is 9.78 Å². The van der Waals surface area contributed by atoms with Crippen LogP contribution in [0.1, 0.15) is 63.9 Å². The molecule has 0 radical (unpaired) electrons. The molecule has 3 heteroatoms. The molecule has 1 aromatic heterocycles. The molecule has 0 spiro atoms. The number of aliphatic hydroxyl groups excluding tert-OH is 1. The Morgan fingerprint density at radius 2 is 2.05 bits per heavy atom. The van der Waals surface area contributed by atoms with Crippen molar-refractivity contribution in [2.75, 3.05) is 0 Å². The quantitative estimate of drug-likeness (QED) is 0.905. The van der Waals surface area contributed by atoms with E-state index >= 15 is 0 Å². The molecule has 1 N–H and O–H groups in total. The van der Waals surface area contributed by atoms with Crippen LogP contribution in [0.15, 0.2) is 6.07 Å². The fourth-order valence-corrected chi connectivity index (χ4v) is 3.37. The first-order valence-electron chi connectivity index (χ1n) is 7.56. The molecule has 3 nitrogen and oxygen atoms in total. The molecule has 1 fully saturated rings. The highest BCUT2D eigenvalue weighted by Gasteiger charge is 2.38. The second-order valence-electron chi connectivity index (χ2n) is 6.86. The van der Waals surface area contributed by atoms with Crippen LogP contribution < -0.4 is 0 Å². The van der Waals surface area contributed by atoms with Gasteiger partial charge >= 0.3 is 0 Å². The highest BCUT2D eigenvalue weighted by molar-refractivity contribution is 5.09. The lowest BCUT2D eigenvalue weighted by Gasteiger charge is -2.41. The molecule has 0 aliphatic heterocycles. The number of nitrogens with zero attached hydrogens (tertiary/aromatic N) is 2. The van der Waals surface area contributed by atoms with Gasteiger partial charge in [-0.2, -0.15) is 5.10 Å². The Kier molecular flexibility index (Phi) is 4.05. The minimum absolute atomic E-state index is 0.151. The van der Waals surface area contributed by atoms with Crippen molar-refractivity contribution in [3.63, 3.8) is 0 Å². The predicted molar refractivity (Wildman–Crippen MR) is 78.2 cm³/mol. The summed E-state index contributed by atoms with van der Waals surface area (Å²) in [5, 5.41) is 14.9. The first-order chi connectivity index (χ1) is 8.85. The van der Waals surface area contributed by atoms with Gasteiger partial charge in [-0.1, -0.05) is 27.2 Å². The van der Waals surface area contributed by atoms with Crippen molar-refractivity contribution in [2.24, 2.45) is 11.3 Å². The molecule has 108 valence electrons. The molecule has 1 aliphatic carbocycles. The Labute approximate surface area is 117 Å². The van der Waals surface area contributed by atoms with E-state index in [2.05, 4.69) is 43.5 Å². The van der Waals surface area contributed by atoms with Crippen molar-refractivity contribution in [3.8, 4) is 0 Å². The summed E-state index contributed by atoms with van der Waals surface area (Å²) in [5.74, 6) is 0.676. The largest absolute Gasteiger partial charge is 0.391 e. The van der Waals surface area contributed by atoms with Gasteiger partial charge in [0.25, 0.3) is 0 Å². The highest BCUT2D eigenvalue weighted by atomic mass is 16.3. The standard InChI is InChI=1S/C16H28N2O/c1-6-16(4,5)13-7-8-15(19)14(10-13)18-12(3)9-11(2)17-18/h9,13-15,19H,6-8,10H2,1-5H3. The fourth-order valence-electron chi connectivity index (χ4n) is 3.37.